The fraction of sp³-hybridized carbons (Fsp3) is 0.250. The zero-order valence-electron chi connectivity index (χ0n) is 14.8. The molecule has 0 radical (unpaired) electrons. The average Bonchev–Trinajstić information content (AvgIpc) is 2.62. The van der Waals surface area contributed by atoms with Crippen LogP contribution in [0.15, 0.2) is 48.7 Å². The Hall–Kier alpha value is -2.46. The van der Waals surface area contributed by atoms with E-state index >= 15 is 0 Å². The second-order valence-electron chi connectivity index (χ2n) is 5.81. The number of carbonyl (C=O) groups excluding carboxylic acids is 1. The predicted molar refractivity (Wildman–Crippen MR) is 102 cm³/mol. The molecule has 25 heavy (non-hydrogen) atoms. The lowest BCUT2D eigenvalue weighted by Gasteiger charge is -2.11. The first kappa shape index (κ1) is 18.9. The minimum Gasteiger partial charge on any atom is -0.495 e. The summed E-state index contributed by atoms with van der Waals surface area (Å²) in [7, 11) is 3.09. The van der Waals surface area contributed by atoms with Crippen molar-refractivity contribution in [3.8, 4) is 11.5 Å². The molecule has 0 saturated carbocycles. The highest BCUT2D eigenvalue weighted by Gasteiger charge is 2.09. The Morgan fingerprint density at radius 3 is 2.28 bits per heavy atom. The number of ketones is 1. The van der Waals surface area contributed by atoms with Gasteiger partial charge in [-0.15, -0.1) is 0 Å². The van der Waals surface area contributed by atoms with Gasteiger partial charge in [0.15, 0.2) is 5.78 Å². The van der Waals surface area contributed by atoms with Gasteiger partial charge in [0.25, 0.3) is 0 Å². The topological polar surface area (TPSA) is 47.6 Å². The lowest BCUT2D eigenvalue weighted by atomic mass is 10.0. The number of allylic oxidation sites excluding steroid dienone is 1. The van der Waals surface area contributed by atoms with Crippen LogP contribution in [0.2, 0.25) is 5.02 Å². The molecule has 0 aliphatic rings. The summed E-state index contributed by atoms with van der Waals surface area (Å²) in [4.78, 5) is 12.2. The van der Waals surface area contributed by atoms with Gasteiger partial charge in [-0.2, -0.15) is 0 Å². The van der Waals surface area contributed by atoms with Crippen LogP contribution >= 0.6 is 11.6 Å². The highest BCUT2D eigenvalue weighted by Crippen LogP contribution is 2.35. The molecule has 0 atom stereocenters. The van der Waals surface area contributed by atoms with Crippen molar-refractivity contribution < 1.29 is 14.3 Å². The molecule has 0 aliphatic carbocycles. The summed E-state index contributed by atoms with van der Waals surface area (Å²) in [5, 5.41) is 3.49. The molecule has 132 valence electrons. The summed E-state index contributed by atoms with van der Waals surface area (Å²) in [6.45, 7) is 4.24. The number of methoxy groups -OCH3 is 2. The van der Waals surface area contributed by atoms with Crippen LogP contribution in [0.3, 0.4) is 0 Å². The van der Waals surface area contributed by atoms with Crippen LogP contribution in [0, 0.1) is 0 Å². The third kappa shape index (κ3) is 4.77. The summed E-state index contributed by atoms with van der Waals surface area (Å²) in [6.07, 6.45) is 3.05. The Morgan fingerprint density at radius 1 is 1.08 bits per heavy atom. The molecule has 0 bridgehead atoms. The highest BCUT2D eigenvalue weighted by molar-refractivity contribution is 6.32. The number of hydrogen-bond donors (Lipinski definition) is 1. The van der Waals surface area contributed by atoms with Crippen molar-refractivity contribution >= 4 is 23.1 Å². The van der Waals surface area contributed by atoms with Crippen LogP contribution < -0.4 is 14.8 Å². The van der Waals surface area contributed by atoms with Crippen molar-refractivity contribution in [2.45, 2.75) is 19.8 Å². The molecule has 2 aromatic rings. The molecule has 0 aliphatic heterocycles. The van der Waals surface area contributed by atoms with Crippen LogP contribution in [0.1, 0.15) is 35.7 Å². The van der Waals surface area contributed by atoms with E-state index in [0.717, 1.165) is 0 Å². The highest BCUT2D eigenvalue weighted by atomic mass is 35.5. The third-order valence-electron chi connectivity index (χ3n) is 3.81. The Morgan fingerprint density at radius 2 is 1.72 bits per heavy atom. The van der Waals surface area contributed by atoms with Gasteiger partial charge in [0.1, 0.15) is 11.5 Å². The number of benzene rings is 2. The summed E-state index contributed by atoms with van der Waals surface area (Å²) >= 11 is 6.07. The zero-order chi connectivity index (χ0) is 18.4. The average molecular weight is 360 g/mol. The standard InChI is InChI=1S/C20H22ClNO3/c1-13(2)14-5-7-15(8-6-14)18(23)9-10-22-17-12-19(24-3)16(21)11-20(17)25-4/h5-13,22H,1-4H3/b10-9+. The maximum atomic E-state index is 12.2. The number of halogens is 1. The van der Waals surface area contributed by atoms with Gasteiger partial charge in [0.2, 0.25) is 0 Å². The SMILES string of the molecule is COc1cc(N/C=C/C(=O)c2ccc(C(C)C)cc2)c(OC)cc1Cl. The van der Waals surface area contributed by atoms with Crippen LogP contribution in [0.4, 0.5) is 5.69 Å². The molecule has 4 nitrogen and oxygen atoms in total. The number of rotatable bonds is 7. The molecule has 0 fully saturated rings. The quantitative estimate of drug-likeness (QED) is 0.539. The maximum Gasteiger partial charge on any atom is 0.187 e. The summed E-state index contributed by atoms with van der Waals surface area (Å²) < 4.78 is 10.5. The first-order valence-corrected chi connectivity index (χ1v) is 8.33. The Labute approximate surface area is 153 Å². The van der Waals surface area contributed by atoms with E-state index in [0.29, 0.717) is 33.7 Å². The van der Waals surface area contributed by atoms with Crippen molar-refractivity contribution in [3.05, 3.63) is 64.8 Å². The van der Waals surface area contributed by atoms with Crippen molar-refractivity contribution in [1.82, 2.24) is 0 Å². The Bertz CT molecular complexity index is 767. The van der Waals surface area contributed by atoms with E-state index in [4.69, 9.17) is 21.1 Å². The Kier molecular flexibility index (Phi) is 6.48. The van der Waals surface area contributed by atoms with E-state index in [1.54, 1.807) is 25.4 Å². The van der Waals surface area contributed by atoms with Gasteiger partial charge < -0.3 is 14.8 Å². The molecule has 0 amide bonds. The number of ether oxygens (including phenoxy) is 2. The molecular weight excluding hydrogens is 338 g/mol. The van der Waals surface area contributed by atoms with Crippen LogP contribution in [-0.2, 0) is 0 Å². The summed E-state index contributed by atoms with van der Waals surface area (Å²) in [6, 6.07) is 11.0. The fourth-order valence-electron chi connectivity index (χ4n) is 2.31. The number of hydrogen-bond acceptors (Lipinski definition) is 4. The van der Waals surface area contributed by atoms with E-state index < -0.39 is 0 Å². The predicted octanol–water partition coefficient (Wildman–Crippen LogP) is 5.29. The van der Waals surface area contributed by atoms with Gasteiger partial charge in [-0.1, -0.05) is 49.7 Å². The van der Waals surface area contributed by atoms with Crippen molar-refractivity contribution in [2.24, 2.45) is 0 Å². The molecule has 2 aromatic carbocycles. The van der Waals surface area contributed by atoms with Crippen LogP contribution in [0.5, 0.6) is 11.5 Å². The maximum absolute atomic E-state index is 12.2. The molecule has 5 heteroatoms. The lowest BCUT2D eigenvalue weighted by molar-refractivity contribution is 0.104. The fourth-order valence-corrected chi connectivity index (χ4v) is 2.54. The largest absolute Gasteiger partial charge is 0.495 e. The first-order chi connectivity index (χ1) is 12.0. The van der Waals surface area contributed by atoms with E-state index in [1.807, 2.05) is 24.3 Å². The zero-order valence-corrected chi connectivity index (χ0v) is 15.6. The van der Waals surface area contributed by atoms with Gasteiger partial charge >= 0.3 is 0 Å². The molecule has 1 N–H and O–H groups in total. The monoisotopic (exact) mass is 359 g/mol. The van der Waals surface area contributed by atoms with Crippen LogP contribution in [-0.4, -0.2) is 20.0 Å². The van der Waals surface area contributed by atoms with Crippen molar-refractivity contribution in [1.29, 1.82) is 0 Å². The van der Waals surface area contributed by atoms with Gasteiger partial charge in [-0.25, -0.2) is 0 Å². The molecule has 0 saturated heterocycles. The number of nitrogens with one attached hydrogen (secondary N) is 1. The van der Waals surface area contributed by atoms with Crippen molar-refractivity contribution in [3.63, 3.8) is 0 Å². The minimum absolute atomic E-state index is 0.0808. The summed E-state index contributed by atoms with van der Waals surface area (Å²) in [5.74, 6) is 1.44. The molecular formula is C20H22ClNO3. The van der Waals surface area contributed by atoms with Gasteiger partial charge in [0, 0.05) is 30.0 Å². The van der Waals surface area contributed by atoms with Gasteiger partial charge in [-0.05, 0) is 11.5 Å². The van der Waals surface area contributed by atoms with E-state index in [2.05, 4.69) is 19.2 Å². The number of anilines is 1. The molecule has 0 spiro atoms. The van der Waals surface area contributed by atoms with Crippen molar-refractivity contribution in [2.75, 3.05) is 19.5 Å². The van der Waals surface area contributed by atoms with E-state index in [9.17, 15) is 4.79 Å². The molecule has 2 rings (SSSR count). The Balaban J connectivity index is 2.11. The van der Waals surface area contributed by atoms with Gasteiger partial charge in [0.05, 0.1) is 24.9 Å². The van der Waals surface area contributed by atoms with Crippen LogP contribution in [0.25, 0.3) is 0 Å². The first-order valence-electron chi connectivity index (χ1n) is 7.95. The minimum atomic E-state index is -0.0808. The lowest BCUT2D eigenvalue weighted by Crippen LogP contribution is -1.99. The smallest absolute Gasteiger partial charge is 0.187 e. The van der Waals surface area contributed by atoms with Gasteiger partial charge in [-0.3, -0.25) is 4.79 Å². The second kappa shape index (κ2) is 8.58. The molecule has 0 aromatic heterocycles. The molecule has 0 heterocycles. The van der Waals surface area contributed by atoms with E-state index in [1.165, 1.54) is 18.7 Å². The summed E-state index contributed by atoms with van der Waals surface area (Å²) in [5.41, 5.74) is 2.50. The molecule has 0 unspecified atom stereocenters. The number of carbonyl (C=O) groups is 1. The van der Waals surface area contributed by atoms with E-state index in [-0.39, 0.29) is 5.78 Å². The second-order valence-corrected chi connectivity index (χ2v) is 6.21. The normalized spacial score (nSPS) is 11.0. The third-order valence-corrected chi connectivity index (χ3v) is 4.10.